The van der Waals surface area contributed by atoms with Crippen molar-refractivity contribution in [2.45, 2.75) is 33.1 Å². The van der Waals surface area contributed by atoms with Crippen LogP contribution in [-0.4, -0.2) is 9.97 Å². The summed E-state index contributed by atoms with van der Waals surface area (Å²) >= 11 is 3.49. The number of hydrogen-bond donors (Lipinski definition) is 0. The lowest BCUT2D eigenvalue weighted by atomic mass is 10.0. The van der Waals surface area contributed by atoms with Gasteiger partial charge in [-0.05, 0) is 36.1 Å². The second kappa shape index (κ2) is 6.15. The number of nitrogens with zero attached hydrogens (tertiary/aromatic N) is 2. The first kappa shape index (κ1) is 14.0. The smallest absolute Gasteiger partial charge is 0.222 e. The summed E-state index contributed by atoms with van der Waals surface area (Å²) in [5, 5.41) is 0. The zero-order valence-electron chi connectivity index (χ0n) is 11.4. The van der Waals surface area contributed by atoms with E-state index in [9.17, 15) is 0 Å². The maximum Gasteiger partial charge on any atom is 0.222 e. The van der Waals surface area contributed by atoms with Crippen LogP contribution in [0.15, 0.2) is 35.1 Å². The average Bonchev–Trinajstić information content (AvgIpc) is 2.41. The van der Waals surface area contributed by atoms with Crippen molar-refractivity contribution in [3.8, 4) is 11.6 Å². The van der Waals surface area contributed by atoms with Crippen LogP contribution >= 0.6 is 15.9 Å². The topological polar surface area (TPSA) is 35.0 Å². The Kier molecular flexibility index (Phi) is 4.53. The van der Waals surface area contributed by atoms with Gasteiger partial charge in [-0.3, -0.25) is 0 Å². The van der Waals surface area contributed by atoms with Gasteiger partial charge in [0.05, 0.1) is 0 Å². The van der Waals surface area contributed by atoms with E-state index in [4.69, 9.17) is 4.74 Å². The van der Waals surface area contributed by atoms with Gasteiger partial charge >= 0.3 is 0 Å². The molecule has 0 radical (unpaired) electrons. The second-order valence-corrected chi connectivity index (χ2v) is 5.56. The van der Waals surface area contributed by atoms with Crippen molar-refractivity contribution < 1.29 is 4.74 Å². The van der Waals surface area contributed by atoms with E-state index in [0.29, 0.717) is 11.8 Å². The summed E-state index contributed by atoms with van der Waals surface area (Å²) in [5.41, 5.74) is 2.14. The lowest BCUT2D eigenvalue weighted by Crippen LogP contribution is -1.97. The summed E-state index contributed by atoms with van der Waals surface area (Å²) in [7, 11) is 0. The molecule has 3 nitrogen and oxygen atoms in total. The number of benzene rings is 1. The lowest BCUT2D eigenvalue weighted by Gasteiger charge is -2.13. The van der Waals surface area contributed by atoms with Crippen molar-refractivity contribution in [2.75, 3.05) is 0 Å². The fourth-order valence-corrected chi connectivity index (χ4v) is 2.18. The van der Waals surface area contributed by atoms with Gasteiger partial charge in [-0.15, -0.1) is 0 Å². The number of aromatic nitrogens is 2. The highest BCUT2D eigenvalue weighted by molar-refractivity contribution is 9.10. The summed E-state index contributed by atoms with van der Waals surface area (Å²) in [6.07, 6.45) is 2.42. The molecule has 1 aromatic heterocycles. The molecule has 2 rings (SSSR count). The van der Waals surface area contributed by atoms with Gasteiger partial charge in [-0.2, -0.15) is 0 Å². The fraction of sp³-hybridized carbons (Fsp3) is 0.333. The summed E-state index contributed by atoms with van der Waals surface area (Å²) in [4.78, 5) is 8.33. The molecule has 0 bridgehead atoms. The summed E-state index contributed by atoms with van der Waals surface area (Å²) in [5.74, 6) is 1.83. The van der Waals surface area contributed by atoms with Crippen molar-refractivity contribution in [2.24, 2.45) is 0 Å². The molecule has 1 aromatic carbocycles. The van der Waals surface area contributed by atoms with E-state index in [1.165, 1.54) is 0 Å². The summed E-state index contributed by atoms with van der Waals surface area (Å²) in [6, 6.07) is 7.91. The first-order chi connectivity index (χ1) is 9.10. The minimum Gasteiger partial charge on any atom is -0.439 e. The van der Waals surface area contributed by atoms with Gasteiger partial charge in [0.15, 0.2) is 0 Å². The molecule has 100 valence electrons. The van der Waals surface area contributed by atoms with E-state index in [-0.39, 0.29) is 0 Å². The van der Waals surface area contributed by atoms with Crippen LogP contribution in [0.2, 0.25) is 0 Å². The molecular formula is C15H17BrN2O. The number of aryl methyl sites for hydroxylation is 1. The molecule has 1 heterocycles. The van der Waals surface area contributed by atoms with Crippen LogP contribution in [0.1, 0.15) is 37.9 Å². The molecule has 0 aliphatic rings. The van der Waals surface area contributed by atoms with Crippen LogP contribution < -0.4 is 4.74 Å². The fourth-order valence-electron chi connectivity index (χ4n) is 1.80. The van der Waals surface area contributed by atoms with Crippen LogP contribution in [-0.2, 0) is 6.42 Å². The second-order valence-electron chi connectivity index (χ2n) is 4.64. The molecule has 0 atom stereocenters. The molecule has 0 spiro atoms. The van der Waals surface area contributed by atoms with E-state index in [1.807, 2.05) is 18.2 Å². The van der Waals surface area contributed by atoms with Gasteiger partial charge < -0.3 is 4.74 Å². The Morgan fingerprint density at radius 1 is 1.21 bits per heavy atom. The predicted molar refractivity (Wildman–Crippen MR) is 79.7 cm³/mol. The monoisotopic (exact) mass is 320 g/mol. The Morgan fingerprint density at radius 2 is 2.00 bits per heavy atom. The lowest BCUT2D eigenvalue weighted by molar-refractivity contribution is 0.452. The zero-order chi connectivity index (χ0) is 13.8. The van der Waals surface area contributed by atoms with E-state index in [0.717, 1.165) is 27.9 Å². The molecule has 0 aliphatic carbocycles. The molecule has 0 amide bonds. The molecule has 0 unspecified atom stereocenters. The summed E-state index contributed by atoms with van der Waals surface area (Å²) < 4.78 is 6.95. The van der Waals surface area contributed by atoms with Crippen LogP contribution in [0, 0.1) is 0 Å². The molecule has 0 saturated carbocycles. The van der Waals surface area contributed by atoms with Crippen LogP contribution in [0.5, 0.6) is 11.6 Å². The Balaban J connectivity index is 2.32. The van der Waals surface area contributed by atoms with Gasteiger partial charge in [0, 0.05) is 16.2 Å². The maximum atomic E-state index is 5.90. The average molecular weight is 321 g/mol. The molecule has 19 heavy (non-hydrogen) atoms. The van der Waals surface area contributed by atoms with Crippen LogP contribution in [0.25, 0.3) is 0 Å². The van der Waals surface area contributed by atoms with Gasteiger partial charge in [-0.1, -0.05) is 36.7 Å². The first-order valence-corrected chi connectivity index (χ1v) is 7.17. The number of hydrogen-bond acceptors (Lipinski definition) is 3. The third kappa shape index (κ3) is 3.53. The number of halogens is 1. The minimum atomic E-state index is 0.389. The highest BCUT2D eigenvalue weighted by atomic mass is 79.9. The van der Waals surface area contributed by atoms with E-state index in [1.54, 1.807) is 6.33 Å². The standard InChI is InChI=1S/C15H17BrN2O/c1-4-12-8-15(18-9-17-12)19-14-6-5-11(16)7-13(14)10(2)3/h5-10H,4H2,1-3H3. The molecule has 0 fully saturated rings. The van der Waals surface area contributed by atoms with Gasteiger partial charge in [0.25, 0.3) is 0 Å². The molecule has 2 aromatic rings. The van der Waals surface area contributed by atoms with Crippen LogP contribution in [0.4, 0.5) is 0 Å². The Labute approximate surface area is 122 Å². The maximum absolute atomic E-state index is 5.90. The normalized spacial score (nSPS) is 10.8. The highest BCUT2D eigenvalue weighted by Gasteiger charge is 2.10. The third-order valence-corrected chi connectivity index (χ3v) is 3.36. The Bertz CT molecular complexity index is 570. The number of ether oxygens (including phenoxy) is 1. The molecular weight excluding hydrogens is 304 g/mol. The zero-order valence-corrected chi connectivity index (χ0v) is 12.9. The number of rotatable bonds is 4. The highest BCUT2D eigenvalue weighted by Crippen LogP contribution is 2.32. The molecule has 4 heteroatoms. The first-order valence-electron chi connectivity index (χ1n) is 6.38. The Hall–Kier alpha value is -1.42. The van der Waals surface area contributed by atoms with Gasteiger partial charge in [0.1, 0.15) is 12.1 Å². The quantitative estimate of drug-likeness (QED) is 0.817. The largest absolute Gasteiger partial charge is 0.439 e. The molecule has 0 aliphatic heterocycles. The predicted octanol–water partition coefficient (Wildman–Crippen LogP) is 4.72. The Morgan fingerprint density at radius 3 is 2.68 bits per heavy atom. The van der Waals surface area contributed by atoms with Gasteiger partial charge in [0.2, 0.25) is 5.88 Å². The van der Waals surface area contributed by atoms with Crippen molar-refractivity contribution in [1.29, 1.82) is 0 Å². The van der Waals surface area contributed by atoms with E-state index in [2.05, 4.69) is 52.7 Å². The van der Waals surface area contributed by atoms with Crippen LogP contribution in [0.3, 0.4) is 0 Å². The van der Waals surface area contributed by atoms with E-state index < -0.39 is 0 Å². The van der Waals surface area contributed by atoms with Gasteiger partial charge in [-0.25, -0.2) is 9.97 Å². The van der Waals surface area contributed by atoms with Crippen molar-refractivity contribution in [3.63, 3.8) is 0 Å². The van der Waals surface area contributed by atoms with Crippen molar-refractivity contribution >= 4 is 15.9 Å². The molecule has 0 saturated heterocycles. The summed E-state index contributed by atoms with van der Waals surface area (Å²) in [6.45, 7) is 6.35. The molecule has 0 N–H and O–H groups in total. The SMILES string of the molecule is CCc1cc(Oc2ccc(Br)cc2C(C)C)ncn1. The third-order valence-electron chi connectivity index (χ3n) is 2.87. The van der Waals surface area contributed by atoms with Crippen molar-refractivity contribution in [1.82, 2.24) is 9.97 Å². The minimum absolute atomic E-state index is 0.389. The van der Waals surface area contributed by atoms with E-state index >= 15 is 0 Å². The van der Waals surface area contributed by atoms with Crippen molar-refractivity contribution in [3.05, 3.63) is 46.3 Å².